The lowest BCUT2D eigenvalue weighted by atomic mass is 10.2. The second kappa shape index (κ2) is 11.9. The van der Waals surface area contributed by atoms with Gasteiger partial charge in [-0.3, -0.25) is 14.5 Å². The number of nitrogens with one attached hydrogen (secondary N) is 1. The molecule has 0 aromatic heterocycles. The summed E-state index contributed by atoms with van der Waals surface area (Å²) >= 11 is 7.25. The number of aliphatic imine (C=N–C) groups is 1. The zero-order valence-corrected chi connectivity index (χ0v) is 21.1. The van der Waals surface area contributed by atoms with E-state index in [0.29, 0.717) is 33.7 Å². The van der Waals surface area contributed by atoms with Gasteiger partial charge in [-0.15, -0.1) is 0 Å². The van der Waals surface area contributed by atoms with E-state index >= 15 is 0 Å². The molecular weight excluding hydrogens is 498 g/mol. The van der Waals surface area contributed by atoms with Crippen molar-refractivity contribution in [2.75, 3.05) is 11.9 Å². The topological polar surface area (TPSA) is 88.1 Å². The summed E-state index contributed by atoms with van der Waals surface area (Å²) in [7, 11) is 0. The quantitative estimate of drug-likeness (QED) is 0.404. The van der Waals surface area contributed by atoms with Gasteiger partial charge in [-0.25, -0.2) is 9.79 Å². The highest BCUT2D eigenvalue weighted by Gasteiger charge is 2.36. The Morgan fingerprint density at radius 2 is 1.75 bits per heavy atom. The van der Waals surface area contributed by atoms with Crippen LogP contribution in [0.1, 0.15) is 29.3 Å². The van der Waals surface area contributed by atoms with Gasteiger partial charge in [-0.1, -0.05) is 53.7 Å². The molecule has 36 heavy (non-hydrogen) atoms. The van der Waals surface area contributed by atoms with E-state index < -0.39 is 11.2 Å². The van der Waals surface area contributed by atoms with Gasteiger partial charge in [0.05, 0.1) is 24.4 Å². The first kappa shape index (κ1) is 25.5. The Bertz CT molecular complexity index is 1260. The molecule has 2 amide bonds. The van der Waals surface area contributed by atoms with Crippen LogP contribution in [-0.4, -0.2) is 39.7 Å². The Hall–Kier alpha value is -3.62. The summed E-state index contributed by atoms with van der Waals surface area (Å²) in [6.45, 7) is 2.34. The molecule has 0 spiro atoms. The zero-order valence-electron chi connectivity index (χ0n) is 19.5. The summed E-state index contributed by atoms with van der Waals surface area (Å²) in [5.41, 5.74) is 2.50. The lowest BCUT2D eigenvalue weighted by Gasteiger charge is -2.32. The predicted octanol–water partition coefficient (Wildman–Crippen LogP) is 5.68. The molecule has 7 nitrogen and oxygen atoms in total. The molecule has 3 aromatic carbocycles. The van der Waals surface area contributed by atoms with Crippen molar-refractivity contribution in [2.24, 2.45) is 4.99 Å². The molecule has 0 bridgehead atoms. The molecule has 3 aromatic rings. The lowest BCUT2D eigenvalue weighted by molar-refractivity contribution is -0.129. The first-order valence-electron chi connectivity index (χ1n) is 11.4. The highest BCUT2D eigenvalue weighted by molar-refractivity contribution is 8.15. The average molecular weight is 522 g/mol. The van der Waals surface area contributed by atoms with Crippen molar-refractivity contribution >= 4 is 57.7 Å². The van der Waals surface area contributed by atoms with Crippen molar-refractivity contribution in [1.29, 1.82) is 0 Å². The summed E-state index contributed by atoms with van der Waals surface area (Å²) in [4.78, 5) is 44.4. The maximum atomic E-state index is 13.2. The molecule has 0 saturated carbocycles. The standard InChI is InChI=1S/C27H24ClN3O4S/c1-2-35-26(34)19-10-14-22(15-11-19)29-25(33)23-16-24(32)31(17-18-8-12-20(28)13-9-18)27(36-23)30-21-6-4-3-5-7-21/h3-15,23H,2,16-17H2,1H3,(H,29,33)/t23-/m1/s1. The average Bonchev–Trinajstić information content (AvgIpc) is 2.88. The van der Waals surface area contributed by atoms with Crippen molar-refractivity contribution in [2.45, 2.75) is 25.1 Å². The van der Waals surface area contributed by atoms with Gasteiger partial charge in [0.25, 0.3) is 0 Å². The number of carbonyl (C=O) groups excluding carboxylic acids is 3. The van der Waals surface area contributed by atoms with Crippen molar-refractivity contribution in [1.82, 2.24) is 4.90 Å². The fourth-order valence-corrected chi connectivity index (χ4v) is 4.73. The number of hydrogen-bond donors (Lipinski definition) is 1. The van der Waals surface area contributed by atoms with Gasteiger partial charge in [0.1, 0.15) is 5.25 Å². The van der Waals surface area contributed by atoms with E-state index in [-0.39, 0.29) is 24.8 Å². The Labute approximate surface area is 218 Å². The number of para-hydroxylation sites is 1. The number of benzene rings is 3. The Morgan fingerprint density at radius 3 is 2.42 bits per heavy atom. The minimum atomic E-state index is -0.661. The fourth-order valence-electron chi connectivity index (χ4n) is 3.51. The molecule has 1 N–H and O–H groups in total. The number of nitrogens with zero attached hydrogens (tertiary/aromatic N) is 2. The van der Waals surface area contributed by atoms with Crippen molar-refractivity contribution < 1.29 is 19.1 Å². The van der Waals surface area contributed by atoms with Crippen LogP contribution in [0.15, 0.2) is 83.9 Å². The molecule has 1 fully saturated rings. The number of halogens is 1. The molecule has 1 aliphatic rings. The van der Waals surface area contributed by atoms with Gasteiger partial charge in [0.2, 0.25) is 11.8 Å². The summed E-state index contributed by atoms with van der Waals surface area (Å²) in [5.74, 6) is -0.938. The van der Waals surface area contributed by atoms with Gasteiger partial charge < -0.3 is 10.1 Å². The number of hydrogen-bond acceptors (Lipinski definition) is 6. The second-order valence-corrected chi connectivity index (χ2v) is 9.54. The van der Waals surface area contributed by atoms with Gasteiger partial charge in [0.15, 0.2) is 5.17 Å². The van der Waals surface area contributed by atoms with Crippen molar-refractivity contribution in [3.8, 4) is 0 Å². The second-order valence-electron chi connectivity index (χ2n) is 7.93. The third-order valence-corrected chi connectivity index (χ3v) is 6.77. The molecule has 184 valence electrons. The summed E-state index contributed by atoms with van der Waals surface area (Å²) in [5, 5.41) is 3.24. The molecule has 4 rings (SSSR count). The number of anilines is 1. The lowest BCUT2D eigenvalue weighted by Crippen LogP contribution is -2.44. The summed E-state index contributed by atoms with van der Waals surface area (Å²) in [6, 6.07) is 23.0. The number of esters is 1. The largest absolute Gasteiger partial charge is 0.462 e. The number of rotatable bonds is 7. The van der Waals surface area contributed by atoms with Crippen LogP contribution in [0.5, 0.6) is 0 Å². The molecule has 1 aliphatic heterocycles. The van der Waals surface area contributed by atoms with Crippen LogP contribution in [0.25, 0.3) is 0 Å². The monoisotopic (exact) mass is 521 g/mol. The molecule has 0 aliphatic carbocycles. The minimum absolute atomic E-state index is 0.0266. The summed E-state index contributed by atoms with van der Waals surface area (Å²) < 4.78 is 4.98. The molecule has 1 atom stereocenters. The zero-order chi connectivity index (χ0) is 25.5. The fraction of sp³-hybridized carbons (Fsp3) is 0.185. The van der Waals surface area contributed by atoms with Crippen LogP contribution in [0.2, 0.25) is 5.02 Å². The number of amides is 2. The van der Waals surface area contributed by atoms with E-state index in [0.717, 1.165) is 5.56 Å². The third-order valence-electron chi connectivity index (χ3n) is 5.33. The Balaban J connectivity index is 1.52. The Kier molecular flexibility index (Phi) is 8.40. The van der Waals surface area contributed by atoms with E-state index in [2.05, 4.69) is 10.3 Å². The number of thioether (sulfide) groups is 1. The number of carbonyl (C=O) groups is 3. The van der Waals surface area contributed by atoms with Gasteiger partial charge in [-0.05, 0) is 61.0 Å². The van der Waals surface area contributed by atoms with E-state index in [1.807, 2.05) is 42.5 Å². The maximum Gasteiger partial charge on any atom is 0.338 e. The van der Waals surface area contributed by atoms with E-state index in [9.17, 15) is 14.4 Å². The predicted molar refractivity (Wildman–Crippen MR) is 143 cm³/mol. The molecule has 0 radical (unpaired) electrons. The van der Waals surface area contributed by atoms with Crippen molar-refractivity contribution in [3.63, 3.8) is 0 Å². The number of ether oxygens (including phenoxy) is 1. The molecular formula is C27H24ClN3O4S. The van der Waals surface area contributed by atoms with Crippen LogP contribution >= 0.6 is 23.4 Å². The third kappa shape index (κ3) is 6.53. The Morgan fingerprint density at radius 1 is 1.06 bits per heavy atom. The molecule has 1 saturated heterocycles. The highest BCUT2D eigenvalue weighted by Crippen LogP contribution is 2.31. The van der Waals surface area contributed by atoms with Gasteiger partial charge >= 0.3 is 5.97 Å². The van der Waals surface area contributed by atoms with E-state index in [4.69, 9.17) is 16.3 Å². The van der Waals surface area contributed by atoms with Crippen LogP contribution in [0.3, 0.4) is 0 Å². The van der Waals surface area contributed by atoms with Crippen molar-refractivity contribution in [3.05, 3.63) is 95.0 Å². The van der Waals surface area contributed by atoms with Crippen LogP contribution < -0.4 is 5.32 Å². The van der Waals surface area contributed by atoms with Gasteiger partial charge in [0, 0.05) is 17.1 Å². The highest BCUT2D eigenvalue weighted by atomic mass is 35.5. The molecule has 9 heteroatoms. The van der Waals surface area contributed by atoms with Gasteiger partial charge in [-0.2, -0.15) is 0 Å². The normalized spacial score (nSPS) is 16.6. The SMILES string of the molecule is CCOC(=O)c1ccc(NC(=O)[C@H]2CC(=O)N(Cc3ccc(Cl)cc3)C(=Nc3ccccc3)S2)cc1. The smallest absolute Gasteiger partial charge is 0.338 e. The molecule has 1 heterocycles. The first-order chi connectivity index (χ1) is 17.4. The number of amidine groups is 1. The van der Waals surface area contributed by atoms with E-state index in [1.165, 1.54) is 11.8 Å². The first-order valence-corrected chi connectivity index (χ1v) is 12.6. The minimum Gasteiger partial charge on any atom is -0.462 e. The molecule has 0 unspecified atom stereocenters. The van der Waals surface area contributed by atoms with Crippen LogP contribution in [-0.2, 0) is 20.9 Å². The van der Waals surface area contributed by atoms with Crippen LogP contribution in [0, 0.1) is 0 Å². The maximum absolute atomic E-state index is 13.2. The summed E-state index contributed by atoms with van der Waals surface area (Å²) in [6.07, 6.45) is 0.0266. The van der Waals surface area contributed by atoms with Crippen LogP contribution in [0.4, 0.5) is 11.4 Å². The van der Waals surface area contributed by atoms with E-state index in [1.54, 1.807) is 48.2 Å².